The molecule has 2 radical (unpaired) electrons. The summed E-state index contributed by atoms with van der Waals surface area (Å²) in [5, 5.41) is 0. The van der Waals surface area contributed by atoms with Crippen LogP contribution >= 0.6 is 8.25 Å². The predicted molar refractivity (Wildman–Crippen MR) is 58.0 cm³/mol. The van der Waals surface area contributed by atoms with Crippen LogP contribution in [0.25, 0.3) is 0 Å². The Bertz CT molecular complexity index is 224. The molecule has 0 aliphatic carbocycles. The van der Waals surface area contributed by atoms with Gasteiger partial charge in [0.05, 0.1) is 13.2 Å². The normalized spacial score (nSPS) is 32.3. The van der Waals surface area contributed by atoms with Gasteiger partial charge in [0.15, 0.2) is 0 Å². The number of hydrogen-bond acceptors (Lipinski definition) is 4. The third-order valence-electron chi connectivity index (χ3n) is 2.30. The highest BCUT2D eigenvalue weighted by Gasteiger charge is 2.40. The average molecular weight is 231 g/mol. The molecule has 4 unspecified atom stereocenters. The zero-order valence-corrected chi connectivity index (χ0v) is 10.3. The van der Waals surface area contributed by atoms with Gasteiger partial charge in [0.1, 0.15) is 14.0 Å². The van der Waals surface area contributed by atoms with Gasteiger partial charge in [-0.05, 0) is 18.8 Å². The Morgan fingerprint density at radius 2 is 2.27 bits per heavy atom. The van der Waals surface area contributed by atoms with E-state index < -0.39 is 8.25 Å². The molecule has 1 aliphatic rings. The summed E-state index contributed by atoms with van der Waals surface area (Å²) < 4.78 is 26.4. The van der Waals surface area contributed by atoms with Gasteiger partial charge in [-0.15, -0.1) is 9.05 Å². The molecular formula is C9H17BO4P+. The molecule has 0 saturated carbocycles. The summed E-state index contributed by atoms with van der Waals surface area (Å²) >= 11 is 0. The van der Waals surface area contributed by atoms with E-state index in [2.05, 4.69) is 18.4 Å². The van der Waals surface area contributed by atoms with Crippen molar-refractivity contribution in [1.82, 2.24) is 0 Å². The Labute approximate surface area is 93.0 Å². The highest BCUT2D eigenvalue weighted by molar-refractivity contribution is 7.33. The summed E-state index contributed by atoms with van der Waals surface area (Å²) in [6, 6.07) is -0.320. The van der Waals surface area contributed by atoms with E-state index in [1.807, 2.05) is 0 Å². The fourth-order valence-corrected chi connectivity index (χ4v) is 2.21. The van der Waals surface area contributed by atoms with Crippen LogP contribution < -0.4 is 0 Å². The van der Waals surface area contributed by atoms with Crippen molar-refractivity contribution in [3.8, 4) is 0 Å². The lowest BCUT2D eigenvalue weighted by Gasteiger charge is -2.16. The van der Waals surface area contributed by atoms with Gasteiger partial charge >= 0.3 is 8.25 Å². The summed E-state index contributed by atoms with van der Waals surface area (Å²) in [7, 11) is 4.98. The molecule has 15 heavy (non-hydrogen) atoms. The second kappa shape index (κ2) is 5.95. The fourth-order valence-electron chi connectivity index (χ4n) is 1.68. The van der Waals surface area contributed by atoms with Crippen LogP contribution in [-0.4, -0.2) is 33.2 Å². The first-order chi connectivity index (χ1) is 7.02. The molecular weight excluding hydrogens is 214 g/mol. The largest absolute Gasteiger partial charge is 0.697 e. The van der Waals surface area contributed by atoms with E-state index >= 15 is 0 Å². The van der Waals surface area contributed by atoms with Crippen LogP contribution in [0, 0.1) is 5.92 Å². The highest BCUT2D eigenvalue weighted by atomic mass is 31.1. The van der Waals surface area contributed by atoms with Crippen molar-refractivity contribution in [3.63, 3.8) is 0 Å². The lowest BCUT2D eigenvalue weighted by Crippen LogP contribution is -2.24. The van der Waals surface area contributed by atoms with Crippen LogP contribution in [0.15, 0.2) is 0 Å². The van der Waals surface area contributed by atoms with E-state index in [9.17, 15) is 4.57 Å². The Hall–Kier alpha value is 0.0449. The van der Waals surface area contributed by atoms with Crippen LogP contribution in [-0.2, 0) is 18.3 Å². The minimum absolute atomic E-state index is 0.0749. The molecule has 1 heterocycles. The molecule has 4 atom stereocenters. The van der Waals surface area contributed by atoms with Crippen molar-refractivity contribution in [2.75, 3.05) is 7.11 Å². The maximum absolute atomic E-state index is 11.1. The SMILES string of the molecule is [B]C1CC(O[P+](=O)OC)C(CC(C)C)O1. The van der Waals surface area contributed by atoms with Crippen molar-refractivity contribution < 1.29 is 18.3 Å². The monoisotopic (exact) mass is 231 g/mol. The molecule has 0 aromatic carbocycles. The second-order valence-electron chi connectivity index (χ2n) is 4.13. The minimum atomic E-state index is -2.05. The van der Waals surface area contributed by atoms with Crippen LogP contribution in [0.4, 0.5) is 0 Å². The first-order valence-electron chi connectivity index (χ1n) is 5.12. The summed E-state index contributed by atoms with van der Waals surface area (Å²) in [5.41, 5.74) is 0. The zero-order chi connectivity index (χ0) is 11.4. The summed E-state index contributed by atoms with van der Waals surface area (Å²) in [4.78, 5) is 0. The maximum Gasteiger partial charge on any atom is 0.697 e. The van der Waals surface area contributed by atoms with Crippen LogP contribution in [0.1, 0.15) is 26.7 Å². The zero-order valence-electron chi connectivity index (χ0n) is 9.38. The second-order valence-corrected chi connectivity index (χ2v) is 5.15. The summed E-state index contributed by atoms with van der Waals surface area (Å²) in [6.45, 7) is 4.20. The van der Waals surface area contributed by atoms with E-state index in [0.717, 1.165) is 6.42 Å². The molecule has 0 N–H and O–H groups in total. The summed E-state index contributed by atoms with van der Waals surface area (Å²) in [5.74, 6) is 0.492. The molecule has 0 aromatic rings. The standard InChI is InChI=1S/C9H17BO4P/c1-6(2)4-7-8(5-9(10)13-7)14-15(11)12-3/h6-9H,4-5H2,1-3H3/q+1. The number of hydrogen-bond donors (Lipinski definition) is 0. The molecule has 0 aromatic heterocycles. The molecule has 1 saturated heterocycles. The quantitative estimate of drug-likeness (QED) is 0.536. The highest BCUT2D eigenvalue weighted by Crippen LogP contribution is 2.34. The van der Waals surface area contributed by atoms with E-state index in [4.69, 9.17) is 17.1 Å². The minimum Gasteiger partial charge on any atom is -0.382 e. The third kappa shape index (κ3) is 4.19. The van der Waals surface area contributed by atoms with Gasteiger partial charge in [-0.2, -0.15) is 0 Å². The smallest absolute Gasteiger partial charge is 0.382 e. The maximum atomic E-state index is 11.1. The molecule has 84 valence electrons. The Balaban J connectivity index is 2.48. The van der Waals surface area contributed by atoms with Gasteiger partial charge in [-0.25, -0.2) is 0 Å². The average Bonchev–Trinajstić information content (AvgIpc) is 2.45. The van der Waals surface area contributed by atoms with Gasteiger partial charge in [0, 0.05) is 10.6 Å². The topological polar surface area (TPSA) is 44.8 Å². The Morgan fingerprint density at radius 3 is 2.80 bits per heavy atom. The van der Waals surface area contributed by atoms with Crippen molar-refractivity contribution >= 4 is 16.1 Å². The first-order valence-corrected chi connectivity index (χ1v) is 6.21. The number of rotatable bonds is 5. The predicted octanol–water partition coefficient (Wildman–Crippen LogP) is 2.00. The van der Waals surface area contributed by atoms with Crippen LogP contribution in [0.3, 0.4) is 0 Å². The lowest BCUT2D eigenvalue weighted by atomic mass is 9.95. The molecule has 0 amide bonds. The van der Waals surface area contributed by atoms with E-state index in [-0.39, 0.29) is 18.2 Å². The van der Waals surface area contributed by atoms with Crippen molar-refractivity contribution in [2.45, 2.75) is 44.9 Å². The van der Waals surface area contributed by atoms with E-state index in [0.29, 0.717) is 12.3 Å². The van der Waals surface area contributed by atoms with Gasteiger partial charge in [-0.1, -0.05) is 13.8 Å². The van der Waals surface area contributed by atoms with E-state index in [1.165, 1.54) is 7.11 Å². The first kappa shape index (κ1) is 13.1. The molecule has 0 spiro atoms. The van der Waals surface area contributed by atoms with Gasteiger partial charge in [0.2, 0.25) is 0 Å². The molecule has 6 heteroatoms. The molecule has 1 aliphatic heterocycles. The van der Waals surface area contributed by atoms with Gasteiger partial charge in [-0.3, -0.25) is 0 Å². The Kier molecular flexibility index (Phi) is 5.20. The number of ether oxygens (including phenoxy) is 1. The third-order valence-corrected chi connectivity index (χ3v) is 3.04. The van der Waals surface area contributed by atoms with Crippen LogP contribution in [0.5, 0.6) is 0 Å². The molecule has 4 nitrogen and oxygen atoms in total. The molecule has 0 bridgehead atoms. The fraction of sp³-hybridized carbons (Fsp3) is 1.00. The van der Waals surface area contributed by atoms with Gasteiger partial charge in [0.25, 0.3) is 0 Å². The van der Waals surface area contributed by atoms with Crippen molar-refractivity contribution in [3.05, 3.63) is 0 Å². The van der Waals surface area contributed by atoms with E-state index in [1.54, 1.807) is 0 Å². The molecule has 1 fully saturated rings. The van der Waals surface area contributed by atoms with Crippen molar-refractivity contribution in [1.29, 1.82) is 0 Å². The summed E-state index contributed by atoms with van der Waals surface area (Å²) in [6.07, 6.45) is 1.13. The molecule has 1 rings (SSSR count). The van der Waals surface area contributed by atoms with Crippen molar-refractivity contribution in [2.24, 2.45) is 5.92 Å². The lowest BCUT2D eigenvalue weighted by molar-refractivity contribution is 0.0265. The Morgan fingerprint density at radius 1 is 1.60 bits per heavy atom. The van der Waals surface area contributed by atoms with Crippen LogP contribution in [0.2, 0.25) is 0 Å². The van der Waals surface area contributed by atoms with Gasteiger partial charge < -0.3 is 4.74 Å².